The highest BCUT2D eigenvalue weighted by Crippen LogP contribution is 2.29. The Kier molecular flexibility index (Phi) is 5.20. The van der Waals surface area contributed by atoms with Gasteiger partial charge >= 0.3 is 0 Å². The van der Waals surface area contributed by atoms with E-state index in [1.54, 1.807) is 24.3 Å². The van der Waals surface area contributed by atoms with Crippen LogP contribution in [0.15, 0.2) is 42.5 Å². The molecule has 0 radical (unpaired) electrons. The van der Waals surface area contributed by atoms with Crippen LogP contribution in [0.25, 0.3) is 0 Å². The van der Waals surface area contributed by atoms with Crippen molar-refractivity contribution >= 4 is 17.3 Å². The molecule has 5 heteroatoms. The first-order valence-electron chi connectivity index (χ1n) is 8.46. The number of nitriles is 1. The summed E-state index contributed by atoms with van der Waals surface area (Å²) in [6.07, 6.45) is 1.56. The molecule has 1 amide bonds. The van der Waals surface area contributed by atoms with Crippen LogP contribution in [-0.2, 0) is 4.79 Å². The summed E-state index contributed by atoms with van der Waals surface area (Å²) in [6, 6.07) is 15.1. The van der Waals surface area contributed by atoms with Crippen molar-refractivity contribution in [3.05, 3.63) is 53.6 Å². The number of anilines is 2. The van der Waals surface area contributed by atoms with Crippen LogP contribution in [0.1, 0.15) is 24.0 Å². The number of nitrogens with one attached hydrogen (secondary N) is 1. The third kappa shape index (κ3) is 3.92. The second-order valence-corrected chi connectivity index (χ2v) is 6.01. The first kappa shape index (κ1) is 16.8. The zero-order valence-corrected chi connectivity index (χ0v) is 14.3. The molecule has 3 rings (SSSR count). The molecule has 0 spiro atoms. The van der Waals surface area contributed by atoms with Gasteiger partial charge in [0.1, 0.15) is 12.4 Å². The summed E-state index contributed by atoms with van der Waals surface area (Å²) in [4.78, 5) is 13.8. The average Bonchev–Trinajstić information content (AvgIpc) is 3.06. The Labute approximate surface area is 147 Å². The number of carbonyl (C=O) groups is 1. The van der Waals surface area contributed by atoms with Crippen LogP contribution in [0, 0.1) is 18.3 Å². The molecule has 1 heterocycles. The highest BCUT2D eigenvalue weighted by atomic mass is 16.5. The highest BCUT2D eigenvalue weighted by Gasteiger charge is 2.23. The van der Waals surface area contributed by atoms with E-state index >= 15 is 0 Å². The van der Waals surface area contributed by atoms with Gasteiger partial charge in [0.15, 0.2) is 0 Å². The first-order chi connectivity index (χ1) is 12.2. The van der Waals surface area contributed by atoms with Gasteiger partial charge in [-0.25, -0.2) is 0 Å². The molecule has 0 atom stereocenters. The number of amides is 1. The molecular weight excluding hydrogens is 314 g/mol. The molecule has 1 aliphatic heterocycles. The monoisotopic (exact) mass is 335 g/mol. The molecule has 25 heavy (non-hydrogen) atoms. The lowest BCUT2D eigenvalue weighted by Gasteiger charge is -2.21. The second kappa shape index (κ2) is 7.71. The van der Waals surface area contributed by atoms with Gasteiger partial charge in [0, 0.05) is 30.9 Å². The third-order valence-corrected chi connectivity index (χ3v) is 4.34. The Morgan fingerprint density at radius 3 is 2.72 bits per heavy atom. The van der Waals surface area contributed by atoms with Crippen molar-refractivity contribution in [2.24, 2.45) is 0 Å². The molecule has 0 aromatic heterocycles. The minimum atomic E-state index is 0.199. The lowest BCUT2D eigenvalue weighted by Crippen LogP contribution is -2.25. The number of hydrogen-bond donors (Lipinski definition) is 1. The standard InChI is InChI=1S/C20H21N3O2/c1-15-18(4-2-5-19(15)23-12-3-6-20(23)24)22-11-13-25-17-9-7-16(14-21)8-10-17/h2,4-5,7-10,22H,3,6,11-13H2,1H3. The molecule has 1 N–H and O–H groups in total. The quantitative estimate of drug-likeness (QED) is 0.821. The number of hydrogen-bond acceptors (Lipinski definition) is 4. The maximum absolute atomic E-state index is 12.0. The third-order valence-electron chi connectivity index (χ3n) is 4.34. The first-order valence-corrected chi connectivity index (χ1v) is 8.46. The average molecular weight is 335 g/mol. The van der Waals surface area contributed by atoms with Gasteiger partial charge in [-0.05, 0) is 55.3 Å². The van der Waals surface area contributed by atoms with Gasteiger partial charge in [-0.15, -0.1) is 0 Å². The van der Waals surface area contributed by atoms with Crippen molar-refractivity contribution in [2.75, 3.05) is 29.9 Å². The van der Waals surface area contributed by atoms with Crippen molar-refractivity contribution in [3.8, 4) is 11.8 Å². The predicted molar refractivity (Wildman–Crippen MR) is 97.9 cm³/mol. The highest BCUT2D eigenvalue weighted by molar-refractivity contribution is 5.96. The molecule has 1 saturated heterocycles. The number of carbonyl (C=O) groups excluding carboxylic acids is 1. The number of benzene rings is 2. The molecule has 5 nitrogen and oxygen atoms in total. The van der Waals surface area contributed by atoms with Gasteiger partial charge in [0.25, 0.3) is 0 Å². The fraction of sp³-hybridized carbons (Fsp3) is 0.300. The largest absolute Gasteiger partial charge is 0.492 e. The Morgan fingerprint density at radius 2 is 2.04 bits per heavy atom. The summed E-state index contributed by atoms with van der Waals surface area (Å²) < 4.78 is 5.68. The fourth-order valence-corrected chi connectivity index (χ4v) is 2.99. The minimum Gasteiger partial charge on any atom is -0.492 e. The van der Waals surface area contributed by atoms with Gasteiger partial charge in [-0.1, -0.05) is 6.07 Å². The molecule has 1 aliphatic rings. The topological polar surface area (TPSA) is 65.4 Å². The lowest BCUT2D eigenvalue weighted by atomic mass is 10.1. The number of ether oxygens (including phenoxy) is 1. The molecular formula is C20H21N3O2. The van der Waals surface area contributed by atoms with Crippen LogP contribution in [0.2, 0.25) is 0 Å². The molecule has 2 aromatic rings. The van der Waals surface area contributed by atoms with Gasteiger partial charge in [-0.3, -0.25) is 4.79 Å². The van der Waals surface area contributed by atoms with E-state index in [1.165, 1.54) is 0 Å². The van der Waals surface area contributed by atoms with Gasteiger partial charge in [-0.2, -0.15) is 5.26 Å². The van der Waals surface area contributed by atoms with E-state index in [-0.39, 0.29) is 5.91 Å². The number of rotatable bonds is 6. The molecule has 2 aromatic carbocycles. The Bertz CT molecular complexity index is 794. The summed E-state index contributed by atoms with van der Waals surface area (Å²) in [5, 5.41) is 12.2. The second-order valence-electron chi connectivity index (χ2n) is 6.01. The molecule has 0 saturated carbocycles. The van der Waals surface area contributed by atoms with E-state index in [0.717, 1.165) is 35.7 Å². The van der Waals surface area contributed by atoms with E-state index in [0.29, 0.717) is 25.1 Å². The maximum Gasteiger partial charge on any atom is 0.227 e. The van der Waals surface area contributed by atoms with Gasteiger partial charge in [0.2, 0.25) is 5.91 Å². The van der Waals surface area contributed by atoms with Gasteiger partial charge in [0.05, 0.1) is 11.6 Å². The van der Waals surface area contributed by atoms with Crippen LogP contribution >= 0.6 is 0 Å². The summed E-state index contributed by atoms with van der Waals surface area (Å²) in [5.74, 6) is 0.943. The van der Waals surface area contributed by atoms with Crippen molar-refractivity contribution in [3.63, 3.8) is 0 Å². The van der Waals surface area contributed by atoms with Crippen molar-refractivity contribution < 1.29 is 9.53 Å². The van der Waals surface area contributed by atoms with Crippen LogP contribution in [0.3, 0.4) is 0 Å². The van der Waals surface area contributed by atoms with Crippen molar-refractivity contribution in [1.82, 2.24) is 0 Å². The van der Waals surface area contributed by atoms with Crippen LogP contribution < -0.4 is 15.0 Å². The normalized spacial score (nSPS) is 13.6. The Hall–Kier alpha value is -3.00. The zero-order valence-electron chi connectivity index (χ0n) is 14.3. The van der Waals surface area contributed by atoms with Gasteiger partial charge < -0.3 is 15.0 Å². The fourth-order valence-electron chi connectivity index (χ4n) is 2.99. The molecule has 0 aliphatic carbocycles. The zero-order chi connectivity index (χ0) is 17.6. The summed E-state index contributed by atoms with van der Waals surface area (Å²) >= 11 is 0. The lowest BCUT2D eigenvalue weighted by molar-refractivity contribution is -0.117. The Morgan fingerprint density at radius 1 is 1.24 bits per heavy atom. The summed E-state index contributed by atoms with van der Waals surface area (Å²) in [7, 11) is 0. The SMILES string of the molecule is Cc1c(NCCOc2ccc(C#N)cc2)cccc1N1CCCC1=O. The van der Waals surface area contributed by atoms with E-state index in [2.05, 4.69) is 11.4 Å². The number of nitrogens with zero attached hydrogens (tertiary/aromatic N) is 2. The molecule has 1 fully saturated rings. The van der Waals surface area contributed by atoms with E-state index in [9.17, 15) is 4.79 Å². The Balaban J connectivity index is 1.56. The minimum absolute atomic E-state index is 0.199. The molecule has 0 bridgehead atoms. The maximum atomic E-state index is 12.0. The molecule has 128 valence electrons. The molecule has 0 unspecified atom stereocenters. The van der Waals surface area contributed by atoms with Crippen molar-refractivity contribution in [1.29, 1.82) is 5.26 Å². The summed E-state index contributed by atoms with van der Waals surface area (Å²) in [5.41, 5.74) is 3.70. The van der Waals surface area contributed by atoms with E-state index in [1.807, 2.05) is 30.0 Å². The van der Waals surface area contributed by atoms with E-state index < -0.39 is 0 Å². The predicted octanol–water partition coefficient (Wildman–Crippen LogP) is 3.48. The van der Waals surface area contributed by atoms with Crippen LogP contribution in [-0.4, -0.2) is 25.6 Å². The van der Waals surface area contributed by atoms with E-state index in [4.69, 9.17) is 10.00 Å². The van der Waals surface area contributed by atoms with Crippen LogP contribution in [0.5, 0.6) is 5.75 Å². The smallest absolute Gasteiger partial charge is 0.227 e. The van der Waals surface area contributed by atoms with Crippen LogP contribution in [0.4, 0.5) is 11.4 Å². The van der Waals surface area contributed by atoms with Crippen molar-refractivity contribution in [2.45, 2.75) is 19.8 Å². The summed E-state index contributed by atoms with van der Waals surface area (Å²) in [6.45, 7) is 3.99.